The Kier molecular flexibility index (Phi) is 12.5. The summed E-state index contributed by atoms with van der Waals surface area (Å²) in [5.41, 5.74) is 7.01. The molecule has 0 radical (unpaired) electrons. The van der Waals surface area contributed by atoms with Crippen LogP contribution < -0.4 is 26.6 Å². The highest BCUT2D eigenvalue weighted by Gasteiger charge is 2.75. The van der Waals surface area contributed by atoms with Crippen LogP contribution in [0, 0.1) is 17.8 Å². The molecular weight excluding hydrogens is 861 g/mol. The summed E-state index contributed by atoms with van der Waals surface area (Å²) in [4.78, 5) is 76.9. The third-order valence-corrected chi connectivity index (χ3v) is 13.0. The SMILES string of the molecule is C[C@@H](NC(=O)N1C(=O)[C@@]2(c3cc(C#CCNC(N)=O)ccc31)[C@H](C(=O)NC[C@H](O)c1ccccc1)[C@H]1C(=O)O[C@H](c3ccccc3)[C@H](c3ccccc3)N1[C@@H]2c1ccc(O)cc1)c1ccccc1. The molecule has 0 unspecified atom stereocenters. The van der Waals surface area contributed by atoms with Gasteiger partial charge in [-0.1, -0.05) is 145 Å². The molecule has 1 spiro atoms. The molecule has 2 fully saturated rings. The zero-order valence-electron chi connectivity index (χ0n) is 36.9. The van der Waals surface area contributed by atoms with Crippen LogP contribution in [0.25, 0.3) is 0 Å². The van der Waals surface area contributed by atoms with Gasteiger partial charge in [-0.3, -0.25) is 19.3 Å². The van der Waals surface area contributed by atoms with Gasteiger partial charge in [-0.25, -0.2) is 14.5 Å². The minimum absolute atomic E-state index is 0.0717. The molecule has 7 N–H and O–H groups in total. The number of aliphatic hydroxyl groups is 1. The first-order chi connectivity index (χ1) is 33.0. The van der Waals surface area contributed by atoms with Crippen molar-refractivity contribution in [2.45, 2.75) is 48.7 Å². The molecule has 3 aliphatic rings. The second-order valence-electron chi connectivity index (χ2n) is 17.0. The molecule has 2 saturated heterocycles. The highest BCUT2D eigenvalue weighted by molar-refractivity contribution is 6.24. The maximum atomic E-state index is 16.5. The van der Waals surface area contributed by atoms with Gasteiger partial charge in [0, 0.05) is 12.1 Å². The van der Waals surface area contributed by atoms with Crippen LogP contribution in [0.4, 0.5) is 15.3 Å². The number of phenols is 1. The van der Waals surface area contributed by atoms with Gasteiger partial charge in [-0.15, -0.1) is 0 Å². The molecule has 0 aliphatic carbocycles. The third kappa shape index (κ3) is 8.18. The molecule has 14 heteroatoms. The number of aliphatic hydroxyl groups excluding tert-OH is 1. The number of imide groups is 1. The first-order valence-electron chi connectivity index (χ1n) is 22.2. The van der Waals surface area contributed by atoms with Crippen LogP contribution in [0.15, 0.2) is 164 Å². The van der Waals surface area contributed by atoms with Crippen molar-refractivity contribution >= 4 is 35.5 Å². The topological polar surface area (TPSA) is 204 Å². The molecule has 0 bridgehead atoms. The van der Waals surface area contributed by atoms with Crippen molar-refractivity contribution in [3.8, 4) is 17.6 Å². The van der Waals surface area contributed by atoms with E-state index in [-0.39, 0.29) is 30.1 Å². The van der Waals surface area contributed by atoms with Crippen LogP contribution >= 0.6 is 0 Å². The van der Waals surface area contributed by atoms with Crippen molar-refractivity contribution in [3.63, 3.8) is 0 Å². The Morgan fingerprint density at radius 2 is 1.35 bits per heavy atom. The molecule has 68 heavy (non-hydrogen) atoms. The van der Waals surface area contributed by atoms with E-state index in [1.54, 1.807) is 67.6 Å². The number of nitrogens with zero attached hydrogens (tertiary/aromatic N) is 2. The Morgan fingerprint density at radius 1 is 0.750 bits per heavy atom. The van der Waals surface area contributed by atoms with Crippen molar-refractivity contribution in [2.75, 3.05) is 18.0 Å². The average molecular weight is 909 g/mol. The quantitative estimate of drug-likeness (QED) is 0.0665. The molecular formula is C54H48N6O8. The van der Waals surface area contributed by atoms with Crippen molar-refractivity contribution < 1.29 is 38.9 Å². The van der Waals surface area contributed by atoms with Crippen molar-refractivity contribution in [2.24, 2.45) is 11.7 Å². The number of aromatic hydroxyl groups is 1. The third-order valence-electron chi connectivity index (χ3n) is 13.0. The van der Waals surface area contributed by atoms with Gasteiger partial charge < -0.3 is 36.6 Å². The second kappa shape index (κ2) is 18.9. The Hall–Kier alpha value is -8.25. The van der Waals surface area contributed by atoms with E-state index >= 15 is 14.4 Å². The molecule has 3 aliphatic heterocycles. The maximum absolute atomic E-state index is 16.5. The number of benzene rings is 6. The van der Waals surface area contributed by atoms with Crippen molar-refractivity contribution in [1.29, 1.82) is 0 Å². The number of cyclic esters (lactones) is 1. The molecule has 9 rings (SSSR count). The number of esters is 1. The molecule has 6 aromatic rings. The number of fused-ring (bicyclic) bond motifs is 3. The highest BCUT2D eigenvalue weighted by Crippen LogP contribution is 2.66. The number of nitrogens with two attached hydrogens (primary N) is 1. The number of phenolic OH excluding ortho intramolecular Hbond substituents is 1. The van der Waals surface area contributed by atoms with Gasteiger partial charge in [0.25, 0.3) is 0 Å². The van der Waals surface area contributed by atoms with Gasteiger partial charge in [0.1, 0.15) is 23.3 Å². The number of rotatable bonds is 10. The Labute approximate surface area is 392 Å². The van der Waals surface area contributed by atoms with Gasteiger partial charge in [-0.2, -0.15) is 0 Å². The van der Waals surface area contributed by atoms with Crippen LogP contribution in [0.2, 0.25) is 0 Å². The molecule has 8 atom stereocenters. The number of morpholine rings is 1. The normalized spacial score (nSPS) is 22.4. The van der Waals surface area contributed by atoms with Gasteiger partial charge in [0.2, 0.25) is 11.8 Å². The lowest BCUT2D eigenvalue weighted by Gasteiger charge is -2.46. The van der Waals surface area contributed by atoms with Gasteiger partial charge in [0.15, 0.2) is 0 Å². The fourth-order valence-corrected chi connectivity index (χ4v) is 10.1. The summed E-state index contributed by atoms with van der Waals surface area (Å²) in [6, 6.07) is 41.9. The van der Waals surface area contributed by atoms with Crippen molar-refractivity contribution in [3.05, 3.63) is 203 Å². The summed E-state index contributed by atoms with van der Waals surface area (Å²) in [6.07, 6.45) is -2.14. The molecule has 6 amide bonds. The van der Waals surface area contributed by atoms with Crippen LogP contribution in [-0.4, -0.2) is 64.1 Å². The smallest absolute Gasteiger partial charge is 0.329 e. The minimum Gasteiger partial charge on any atom is -0.508 e. The van der Waals surface area contributed by atoms with E-state index in [9.17, 15) is 19.8 Å². The number of amides is 6. The summed E-state index contributed by atoms with van der Waals surface area (Å²) < 4.78 is 6.52. The van der Waals surface area contributed by atoms with E-state index in [1.165, 1.54) is 12.1 Å². The number of carbonyl (C=O) groups excluding carboxylic acids is 5. The number of ether oxygens (including phenoxy) is 1. The molecule has 6 aromatic carbocycles. The first kappa shape index (κ1) is 44.9. The van der Waals surface area contributed by atoms with Crippen molar-refractivity contribution in [1.82, 2.24) is 20.9 Å². The Morgan fingerprint density at radius 3 is 1.99 bits per heavy atom. The van der Waals surface area contributed by atoms with E-state index in [0.29, 0.717) is 27.8 Å². The predicted octanol–water partition coefficient (Wildman–Crippen LogP) is 6.40. The number of urea groups is 2. The van der Waals surface area contributed by atoms with E-state index in [0.717, 1.165) is 10.5 Å². The monoisotopic (exact) mass is 908 g/mol. The number of hydrogen-bond acceptors (Lipinski definition) is 9. The van der Waals surface area contributed by atoms with Gasteiger partial charge in [-0.05, 0) is 70.6 Å². The molecule has 14 nitrogen and oxygen atoms in total. The number of carbonyl (C=O) groups is 5. The molecule has 0 saturated carbocycles. The molecule has 0 aromatic heterocycles. The second-order valence-corrected chi connectivity index (χ2v) is 17.0. The molecule has 3 heterocycles. The first-order valence-corrected chi connectivity index (χ1v) is 22.2. The van der Waals surface area contributed by atoms with E-state index < -0.39 is 77.6 Å². The van der Waals surface area contributed by atoms with Crippen LogP contribution in [0.1, 0.15) is 76.2 Å². The van der Waals surface area contributed by atoms with Gasteiger partial charge in [0.05, 0.1) is 42.4 Å². The lowest BCUT2D eigenvalue weighted by molar-refractivity contribution is -0.178. The van der Waals surface area contributed by atoms with E-state index in [4.69, 9.17) is 10.5 Å². The number of hydrogen-bond donors (Lipinski definition) is 6. The zero-order chi connectivity index (χ0) is 47.5. The largest absolute Gasteiger partial charge is 0.508 e. The fraction of sp³-hybridized carbons (Fsp3) is 0.204. The van der Waals surface area contributed by atoms with Crippen LogP contribution in [0.3, 0.4) is 0 Å². The predicted molar refractivity (Wildman–Crippen MR) is 252 cm³/mol. The number of nitrogens with one attached hydrogen (secondary N) is 3. The van der Waals surface area contributed by atoms with E-state index in [2.05, 4.69) is 27.8 Å². The van der Waals surface area contributed by atoms with Crippen LogP contribution in [0.5, 0.6) is 5.75 Å². The Balaban J connectivity index is 1.31. The lowest BCUT2D eigenvalue weighted by Crippen LogP contribution is -2.56. The van der Waals surface area contributed by atoms with E-state index in [1.807, 2.05) is 95.9 Å². The maximum Gasteiger partial charge on any atom is 0.329 e. The minimum atomic E-state index is -2.12. The number of primary amides is 1. The summed E-state index contributed by atoms with van der Waals surface area (Å²) in [5, 5.41) is 30.5. The summed E-state index contributed by atoms with van der Waals surface area (Å²) in [7, 11) is 0. The molecule has 342 valence electrons. The fourth-order valence-electron chi connectivity index (χ4n) is 10.1. The number of anilines is 1. The Bertz CT molecular complexity index is 2910. The standard InChI is InChI=1S/C54H48N6O8/c1-33(35-16-6-2-7-17-35)58-53(67)59-42-29-24-34(15-14-30-56-52(55)66)31-41(42)54(51(59)65)44(49(63)57-32-43(62)36-18-8-3-9-19-36)46-50(64)68-47(38-22-12-5-13-23-38)45(37-20-10-4-11-21-37)60(46)48(54)39-25-27-40(61)28-26-39/h2-13,16-29,31,33,43-48,61-62H,30,32H2,1H3,(H,57,63)(H,58,67)(H3,55,56,66)/t33-,43+,44+,45+,46+,47-,48-,54+/m1/s1. The summed E-state index contributed by atoms with van der Waals surface area (Å²) >= 11 is 0. The summed E-state index contributed by atoms with van der Waals surface area (Å²) in [5.74, 6) is 1.83. The highest BCUT2D eigenvalue weighted by atomic mass is 16.6. The summed E-state index contributed by atoms with van der Waals surface area (Å²) in [6.45, 7) is 1.39. The van der Waals surface area contributed by atoms with Crippen LogP contribution in [-0.2, 0) is 24.5 Å². The lowest BCUT2D eigenvalue weighted by atomic mass is 9.65. The van der Waals surface area contributed by atoms with Gasteiger partial charge >= 0.3 is 18.0 Å². The average Bonchev–Trinajstić information content (AvgIpc) is 3.82. The zero-order valence-corrected chi connectivity index (χ0v) is 36.9.